The maximum Gasteiger partial charge on any atom is 0.256 e. The van der Waals surface area contributed by atoms with Crippen LogP contribution >= 0.6 is 0 Å². The summed E-state index contributed by atoms with van der Waals surface area (Å²) in [6.07, 6.45) is 8.31. The molecule has 3 aromatic heterocycles. The highest BCUT2D eigenvalue weighted by Crippen LogP contribution is 2.65. The first-order valence-electron chi connectivity index (χ1n) is 13.1. The predicted octanol–water partition coefficient (Wildman–Crippen LogP) is 4.38. The van der Waals surface area contributed by atoms with E-state index in [9.17, 15) is 9.59 Å². The Morgan fingerprint density at radius 2 is 1.82 bits per heavy atom. The van der Waals surface area contributed by atoms with Crippen molar-refractivity contribution in [3.05, 3.63) is 72.4 Å². The lowest BCUT2D eigenvalue weighted by atomic mass is 9.90. The molecule has 4 heterocycles. The number of carbonyl (C=O) groups excluding carboxylic acids is 2. The van der Waals surface area contributed by atoms with Crippen LogP contribution in [-0.4, -0.2) is 49.2 Å². The topological polar surface area (TPSA) is 119 Å². The van der Waals surface area contributed by atoms with Crippen LogP contribution in [0.1, 0.15) is 55.2 Å². The average molecular weight is 510 g/mol. The maximum atomic E-state index is 12.7. The highest BCUT2D eigenvalue weighted by atomic mass is 16.2. The number of piperidine rings is 1. The first-order chi connectivity index (χ1) is 18.4. The monoisotopic (exact) mass is 509 g/mol. The third kappa shape index (κ3) is 4.17. The van der Waals surface area contributed by atoms with Crippen molar-refractivity contribution in [3.63, 3.8) is 0 Å². The number of nitrogen functional groups attached to an aromatic ring is 1. The lowest BCUT2D eigenvalue weighted by molar-refractivity contribution is -0.136. The van der Waals surface area contributed by atoms with E-state index in [1.165, 1.54) is 0 Å². The molecule has 1 unspecified atom stereocenters. The van der Waals surface area contributed by atoms with Crippen LogP contribution in [0.4, 0.5) is 11.6 Å². The summed E-state index contributed by atoms with van der Waals surface area (Å²) >= 11 is 0. The van der Waals surface area contributed by atoms with Gasteiger partial charge >= 0.3 is 0 Å². The zero-order valence-corrected chi connectivity index (χ0v) is 21.6. The number of hydrogen-bond acceptors (Lipinski definition) is 6. The Bertz CT molecular complexity index is 1500. The molecular weight excluding hydrogens is 478 g/mol. The molecule has 2 fully saturated rings. The fraction of sp³-hybridized carbons (Fsp3) is 0.345. The van der Waals surface area contributed by atoms with E-state index in [-0.39, 0.29) is 23.1 Å². The van der Waals surface area contributed by atoms with E-state index < -0.39 is 0 Å². The van der Waals surface area contributed by atoms with Gasteiger partial charge in [0.25, 0.3) is 5.91 Å². The number of anilines is 2. The molecule has 38 heavy (non-hydrogen) atoms. The summed E-state index contributed by atoms with van der Waals surface area (Å²) in [7, 11) is 0. The predicted molar refractivity (Wildman–Crippen MR) is 145 cm³/mol. The molecule has 1 aromatic carbocycles. The highest BCUT2D eigenvalue weighted by molar-refractivity contribution is 6.04. The SMILES string of the molecule is CC(C)C(=O)N1CCC2(CC1)CC2c1nc(-c2ccc(C(=O)Nc3ccccn3)cc2)c2c(N)nccn12. The Morgan fingerprint density at radius 1 is 1.05 bits per heavy atom. The second kappa shape index (κ2) is 9.24. The number of rotatable bonds is 5. The van der Waals surface area contributed by atoms with Gasteiger partial charge < -0.3 is 16.0 Å². The van der Waals surface area contributed by atoms with Gasteiger partial charge in [0, 0.05) is 54.6 Å². The Labute approximate surface area is 221 Å². The van der Waals surface area contributed by atoms with Crippen molar-refractivity contribution in [2.75, 3.05) is 24.1 Å². The van der Waals surface area contributed by atoms with E-state index in [0.717, 1.165) is 55.0 Å². The fourth-order valence-electron chi connectivity index (χ4n) is 5.74. The Kier molecular flexibility index (Phi) is 5.86. The van der Waals surface area contributed by atoms with Crippen LogP contribution in [0.15, 0.2) is 61.1 Å². The molecule has 9 heteroatoms. The van der Waals surface area contributed by atoms with Crippen molar-refractivity contribution in [3.8, 4) is 11.3 Å². The smallest absolute Gasteiger partial charge is 0.256 e. The van der Waals surface area contributed by atoms with E-state index in [2.05, 4.69) is 19.7 Å². The van der Waals surface area contributed by atoms with Gasteiger partial charge in [-0.05, 0) is 48.9 Å². The molecule has 0 radical (unpaired) electrons. The minimum Gasteiger partial charge on any atom is -0.382 e. The summed E-state index contributed by atoms with van der Waals surface area (Å²) in [5.41, 5.74) is 9.47. The number of imidazole rings is 1. The highest BCUT2D eigenvalue weighted by Gasteiger charge is 2.57. The zero-order chi connectivity index (χ0) is 26.4. The van der Waals surface area contributed by atoms with Gasteiger partial charge in [-0.15, -0.1) is 0 Å². The van der Waals surface area contributed by atoms with Crippen LogP contribution in [0, 0.1) is 11.3 Å². The minimum absolute atomic E-state index is 0.0285. The molecule has 1 aliphatic heterocycles. The van der Waals surface area contributed by atoms with Gasteiger partial charge in [-0.2, -0.15) is 0 Å². The van der Waals surface area contributed by atoms with Crippen molar-refractivity contribution in [1.29, 1.82) is 0 Å². The molecule has 1 saturated carbocycles. The lowest BCUT2D eigenvalue weighted by Crippen LogP contribution is -2.41. The molecule has 2 aliphatic rings. The van der Waals surface area contributed by atoms with Gasteiger partial charge in [-0.25, -0.2) is 15.0 Å². The fourth-order valence-corrected chi connectivity index (χ4v) is 5.74. The molecule has 3 N–H and O–H groups in total. The number of aromatic nitrogens is 4. The summed E-state index contributed by atoms with van der Waals surface area (Å²) < 4.78 is 2.07. The van der Waals surface area contributed by atoms with Crippen molar-refractivity contribution >= 4 is 29.0 Å². The van der Waals surface area contributed by atoms with E-state index in [4.69, 9.17) is 10.7 Å². The van der Waals surface area contributed by atoms with Crippen LogP contribution < -0.4 is 11.1 Å². The maximum absolute atomic E-state index is 12.7. The molecule has 1 aliphatic carbocycles. The van der Waals surface area contributed by atoms with Crippen molar-refractivity contribution in [2.45, 2.75) is 39.0 Å². The molecule has 0 bridgehead atoms. The number of nitrogens with one attached hydrogen (secondary N) is 1. The van der Waals surface area contributed by atoms with E-state index in [1.54, 1.807) is 36.7 Å². The summed E-state index contributed by atoms with van der Waals surface area (Å²) in [5, 5.41) is 2.81. The van der Waals surface area contributed by atoms with E-state index in [0.29, 0.717) is 23.1 Å². The Hall–Kier alpha value is -4.27. The molecule has 1 atom stereocenters. The Morgan fingerprint density at radius 3 is 2.50 bits per heavy atom. The second-order valence-corrected chi connectivity index (χ2v) is 10.7. The molecule has 194 valence electrons. The van der Waals surface area contributed by atoms with Gasteiger partial charge in [-0.1, -0.05) is 32.0 Å². The van der Waals surface area contributed by atoms with Gasteiger partial charge in [-0.3, -0.25) is 14.0 Å². The lowest BCUT2D eigenvalue weighted by Gasteiger charge is -2.34. The molecule has 2 amide bonds. The van der Waals surface area contributed by atoms with Crippen LogP contribution in [0.2, 0.25) is 0 Å². The van der Waals surface area contributed by atoms with Crippen molar-refractivity contribution in [2.24, 2.45) is 11.3 Å². The quantitative estimate of drug-likeness (QED) is 0.412. The molecule has 1 saturated heterocycles. The van der Waals surface area contributed by atoms with Gasteiger partial charge in [0.2, 0.25) is 5.91 Å². The van der Waals surface area contributed by atoms with Crippen molar-refractivity contribution < 1.29 is 9.59 Å². The van der Waals surface area contributed by atoms with Gasteiger partial charge in [0.15, 0.2) is 0 Å². The van der Waals surface area contributed by atoms with Crippen molar-refractivity contribution in [1.82, 2.24) is 24.3 Å². The molecule has 9 nitrogen and oxygen atoms in total. The Balaban J connectivity index is 1.26. The summed E-state index contributed by atoms with van der Waals surface area (Å²) in [4.78, 5) is 40.7. The van der Waals surface area contributed by atoms with Crippen LogP contribution in [-0.2, 0) is 4.79 Å². The largest absolute Gasteiger partial charge is 0.382 e. The molecule has 4 aromatic rings. The second-order valence-electron chi connectivity index (χ2n) is 10.7. The van der Waals surface area contributed by atoms with E-state index in [1.807, 2.05) is 43.1 Å². The van der Waals surface area contributed by atoms with Crippen LogP contribution in [0.3, 0.4) is 0 Å². The molecule has 6 rings (SSSR count). The number of likely N-dealkylation sites (tertiary alicyclic amines) is 1. The first-order valence-corrected chi connectivity index (χ1v) is 13.1. The zero-order valence-electron chi connectivity index (χ0n) is 21.6. The number of fused-ring (bicyclic) bond motifs is 1. The normalized spacial score (nSPS) is 18.2. The third-order valence-electron chi connectivity index (χ3n) is 8.00. The minimum atomic E-state index is -0.228. The summed E-state index contributed by atoms with van der Waals surface area (Å²) in [6, 6.07) is 12.7. The number of benzene rings is 1. The number of carbonyl (C=O) groups is 2. The molecular formula is C29H31N7O2. The molecule has 1 spiro atoms. The number of pyridine rings is 1. The van der Waals surface area contributed by atoms with Crippen LogP contribution in [0.5, 0.6) is 0 Å². The number of nitrogens with two attached hydrogens (primary N) is 1. The van der Waals surface area contributed by atoms with Gasteiger partial charge in [0.05, 0.1) is 0 Å². The average Bonchev–Trinajstić information content (AvgIpc) is 3.47. The summed E-state index contributed by atoms with van der Waals surface area (Å²) in [6.45, 7) is 5.52. The van der Waals surface area contributed by atoms with Gasteiger partial charge in [0.1, 0.15) is 28.7 Å². The summed E-state index contributed by atoms with van der Waals surface area (Å²) in [5.74, 6) is 2.26. The van der Waals surface area contributed by atoms with E-state index >= 15 is 0 Å². The standard InChI is InChI=1S/C29H31N7O2/c1-18(2)28(38)35-14-10-29(11-15-35)17-21(29)26-34-23(24-25(30)32-13-16-36(24)26)19-6-8-20(9-7-19)27(37)33-22-5-3-4-12-31-22/h3-9,12-13,16,18,21H,10-11,14-15,17H2,1-2H3,(H2,30,32)(H,31,33,37). The number of nitrogens with zero attached hydrogens (tertiary/aromatic N) is 5. The first kappa shape index (κ1) is 24.1. The number of amides is 2. The van der Waals surface area contributed by atoms with Crippen LogP contribution in [0.25, 0.3) is 16.8 Å². The number of hydrogen-bond donors (Lipinski definition) is 2. The third-order valence-corrected chi connectivity index (χ3v) is 8.00.